The van der Waals surface area contributed by atoms with Crippen LogP contribution >= 0.6 is 11.3 Å². The van der Waals surface area contributed by atoms with E-state index in [1.807, 2.05) is 43.3 Å². The quantitative estimate of drug-likeness (QED) is 0.697. The summed E-state index contributed by atoms with van der Waals surface area (Å²) in [6.45, 7) is 3.26. The number of benzene rings is 1. The average Bonchev–Trinajstić information content (AvgIpc) is 3.04. The lowest BCUT2D eigenvalue weighted by molar-refractivity contribution is -0.119. The monoisotopic (exact) mass is 367 g/mol. The van der Waals surface area contributed by atoms with E-state index < -0.39 is 5.97 Å². The third-order valence-corrected chi connectivity index (χ3v) is 4.78. The van der Waals surface area contributed by atoms with Crippen molar-refractivity contribution >= 4 is 28.9 Å². The van der Waals surface area contributed by atoms with Gasteiger partial charge < -0.3 is 10.1 Å². The van der Waals surface area contributed by atoms with Crippen LogP contribution in [0.2, 0.25) is 0 Å². The first-order chi connectivity index (χ1) is 12.5. The van der Waals surface area contributed by atoms with Crippen molar-refractivity contribution in [3.05, 3.63) is 64.8 Å². The Balaban J connectivity index is 1.63. The minimum Gasteiger partial charge on any atom is -0.451 e. The summed E-state index contributed by atoms with van der Waals surface area (Å²) < 4.78 is 5.13. The number of ether oxygens (including phenoxy) is 1. The zero-order chi connectivity index (χ0) is 18.5. The van der Waals surface area contributed by atoms with Crippen LogP contribution < -0.4 is 5.32 Å². The van der Waals surface area contributed by atoms with E-state index in [9.17, 15) is 9.59 Å². The summed E-state index contributed by atoms with van der Waals surface area (Å²) in [5.41, 5.74) is 2.88. The Bertz CT molecular complexity index is 938. The van der Waals surface area contributed by atoms with Gasteiger partial charge in [0.25, 0.3) is 5.91 Å². The van der Waals surface area contributed by atoms with Gasteiger partial charge in [-0.1, -0.05) is 24.3 Å². The third kappa shape index (κ3) is 4.12. The molecule has 0 atom stereocenters. The van der Waals surface area contributed by atoms with Crippen molar-refractivity contribution in [2.75, 3.05) is 11.9 Å². The molecule has 6 nitrogen and oxygen atoms in total. The minimum absolute atomic E-state index is 0.358. The molecule has 2 heterocycles. The Labute approximate surface area is 154 Å². The third-order valence-electron chi connectivity index (χ3n) is 3.62. The zero-order valence-corrected chi connectivity index (χ0v) is 15.2. The fraction of sp³-hybridized carbons (Fsp3) is 0.158. The van der Waals surface area contributed by atoms with E-state index >= 15 is 0 Å². The molecule has 0 radical (unpaired) electrons. The SMILES string of the molecule is Cc1ccccc1NC(=O)COC(=O)c1sc(-c2ccccn2)nc1C. The van der Waals surface area contributed by atoms with Crippen LogP contribution in [0, 0.1) is 13.8 Å². The number of rotatable bonds is 5. The van der Waals surface area contributed by atoms with Gasteiger partial charge in [0.15, 0.2) is 6.61 Å². The first kappa shape index (κ1) is 17.8. The molecular formula is C19H17N3O3S. The molecular weight excluding hydrogens is 350 g/mol. The number of amides is 1. The van der Waals surface area contributed by atoms with Gasteiger partial charge in [-0.15, -0.1) is 11.3 Å². The van der Waals surface area contributed by atoms with Gasteiger partial charge in [0.1, 0.15) is 9.88 Å². The lowest BCUT2D eigenvalue weighted by Gasteiger charge is -2.08. The maximum absolute atomic E-state index is 12.3. The standard InChI is InChI=1S/C19H17N3O3S/c1-12-7-3-4-8-14(12)22-16(23)11-25-19(24)17-13(2)21-18(26-17)15-9-5-6-10-20-15/h3-10H,11H2,1-2H3,(H,22,23). The summed E-state index contributed by atoms with van der Waals surface area (Å²) in [4.78, 5) is 33.2. The number of aryl methyl sites for hydroxylation is 2. The highest BCUT2D eigenvalue weighted by atomic mass is 32.1. The van der Waals surface area contributed by atoms with Crippen LogP contribution in [0.3, 0.4) is 0 Å². The number of pyridine rings is 1. The average molecular weight is 367 g/mol. The predicted octanol–water partition coefficient (Wildman–Crippen LogP) is 3.62. The van der Waals surface area contributed by atoms with Crippen LogP contribution in [0.4, 0.5) is 5.69 Å². The van der Waals surface area contributed by atoms with Crippen LogP contribution in [0.5, 0.6) is 0 Å². The van der Waals surface area contributed by atoms with E-state index in [2.05, 4.69) is 15.3 Å². The smallest absolute Gasteiger partial charge is 0.350 e. The second kappa shape index (κ2) is 7.88. The van der Waals surface area contributed by atoms with Gasteiger partial charge in [0.2, 0.25) is 0 Å². The Kier molecular flexibility index (Phi) is 5.38. The lowest BCUT2D eigenvalue weighted by Crippen LogP contribution is -2.21. The van der Waals surface area contributed by atoms with Gasteiger partial charge in [-0.25, -0.2) is 9.78 Å². The van der Waals surface area contributed by atoms with Crippen molar-refractivity contribution in [2.45, 2.75) is 13.8 Å². The van der Waals surface area contributed by atoms with E-state index in [0.29, 0.717) is 27.0 Å². The molecule has 132 valence electrons. The van der Waals surface area contributed by atoms with Crippen LogP contribution in [-0.4, -0.2) is 28.5 Å². The number of nitrogens with zero attached hydrogens (tertiary/aromatic N) is 2. The largest absolute Gasteiger partial charge is 0.451 e. The normalized spacial score (nSPS) is 10.4. The number of esters is 1. The summed E-state index contributed by atoms with van der Waals surface area (Å²) in [6.07, 6.45) is 1.67. The van der Waals surface area contributed by atoms with Crippen molar-refractivity contribution < 1.29 is 14.3 Å². The maximum Gasteiger partial charge on any atom is 0.350 e. The highest BCUT2D eigenvalue weighted by Crippen LogP contribution is 2.26. The fourth-order valence-electron chi connectivity index (χ4n) is 2.28. The molecule has 3 rings (SSSR count). The molecule has 7 heteroatoms. The van der Waals surface area contributed by atoms with Gasteiger partial charge in [-0.3, -0.25) is 9.78 Å². The number of anilines is 1. The molecule has 0 saturated heterocycles. The number of carbonyl (C=O) groups is 2. The molecule has 1 aromatic carbocycles. The van der Waals surface area contributed by atoms with Crippen LogP contribution in [0.15, 0.2) is 48.7 Å². The first-order valence-electron chi connectivity index (χ1n) is 7.96. The van der Waals surface area contributed by atoms with Crippen molar-refractivity contribution in [1.29, 1.82) is 0 Å². The summed E-state index contributed by atoms with van der Waals surface area (Å²) in [7, 11) is 0. The molecule has 3 aromatic rings. The fourth-order valence-corrected chi connectivity index (χ4v) is 3.22. The zero-order valence-electron chi connectivity index (χ0n) is 14.4. The molecule has 0 unspecified atom stereocenters. The van der Waals surface area contributed by atoms with Crippen molar-refractivity contribution in [2.24, 2.45) is 0 Å². The van der Waals surface area contributed by atoms with E-state index in [1.165, 1.54) is 11.3 Å². The van der Waals surface area contributed by atoms with Gasteiger partial charge >= 0.3 is 5.97 Å². The van der Waals surface area contributed by atoms with E-state index in [0.717, 1.165) is 5.56 Å². The Morgan fingerprint density at radius 2 is 1.88 bits per heavy atom. The van der Waals surface area contributed by atoms with Gasteiger partial charge in [-0.2, -0.15) is 0 Å². The van der Waals surface area contributed by atoms with Crippen molar-refractivity contribution in [3.8, 4) is 10.7 Å². The second-order valence-corrected chi connectivity index (χ2v) is 6.59. The molecule has 0 bridgehead atoms. The predicted molar refractivity (Wildman–Crippen MR) is 100 cm³/mol. The summed E-state index contributed by atoms with van der Waals surface area (Å²) in [6, 6.07) is 12.9. The summed E-state index contributed by atoms with van der Waals surface area (Å²) in [5.74, 6) is -0.957. The molecule has 0 aliphatic rings. The first-order valence-corrected chi connectivity index (χ1v) is 8.77. The minimum atomic E-state index is -0.567. The molecule has 1 N–H and O–H groups in total. The Morgan fingerprint density at radius 1 is 1.12 bits per heavy atom. The molecule has 0 aliphatic heterocycles. The number of hydrogen-bond donors (Lipinski definition) is 1. The Morgan fingerprint density at radius 3 is 2.62 bits per heavy atom. The van der Waals surface area contributed by atoms with Gasteiger partial charge in [0, 0.05) is 11.9 Å². The molecule has 0 aliphatic carbocycles. The molecule has 1 amide bonds. The topological polar surface area (TPSA) is 81.2 Å². The van der Waals surface area contributed by atoms with Crippen LogP contribution in [0.1, 0.15) is 20.9 Å². The lowest BCUT2D eigenvalue weighted by atomic mass is 10.2. The number of nitrogens with one attached hydrogen (secondary N) is 1. The molecule has 0 spiro atoms. The van der Waals surface area contributed by atoms with Gasteiger partial charge in [-0.05, 0) is 37.6 Å². The number of thiazole rings is 1. The van der Waals surface area contributed by atoms with E-state index in [-0.39, 0.29) is 12.5 Å². The molecule has 26 heavy (non-hydrogen) atoms. The number of carbonyl (C=O) groups excluding carboxylic acids is 2. The second-order valence-electron chi connectivity index (χ2n) is 5.59. The molecule has 0 fully saturated rings. The van der Waals surface area contributed by atoms with E-state index in [4.69, 9.17) is 4.74 Å². The van der Waals surface area contributed by atoms with Crippen molar-refractivity contribution in [1.82, 2.24) is 9.97 Å². The van der Waals surface area contributed by atoms with Gasteiger partial charge in [0.05, 0.1) is 11.4 Å². The molecule has 2 aromatic heterocycles. The highest BCUT2D eigenvalue weighted by Gasteiger charge is 2.19. The number of aromatic nitrogens is 2. The summed E-state index contributed by atoms with van der Waals surface area (Å²) in [5, 5.41) is 3.36. The highest BCUT2D eigenvalue weighted by molar-refractivity contribution is 7.17. The Hall–Kier alpha value is -3.06. The van der Waals surface area contributed by atoms with E-state index in [1.54, 1.807) is 19.2 Å². The van der Waals surface area contributed by atoms with Crippen LogP contribution in [0.25, 0.3) is 10.7 Å². The molecule has 0 saturated carbocycles. The maximum atomic E-state index is 12.3. The summed E-state index contributed by atoms with van der Waals surface area (Å²) >= 11 is 1.20. The number of para-hydroxylation sites is 1. The number of hydrogen-bond acceptors (Lipinski definition) is 6. The van der Waals surface area contributed by atoms with Crippen LogP contribution in [-0.2, 0) is 9.53 Å². The van der Waals surface area contributed by atoms with Crippen molar-refractivity contribution in [3.63, 3.8) is 0 Å².